The fraction of sp³-hybridized carbons (Fsp3) is 0.133. The molecule has 0 saturated heterocycles. The highest BCUT2D eigenvalue weighted by atomic mass is 79.9. The van der Waals surface area contributed by atoms with Crippen molar-refractivity contribution in [3.05, 3.63) is 57.6 Å². The normalized spacial score (nSPS) is 10.3. The Morgan fingerprint density at radius 1 is 1.11 bits per heavy atom. The Morgan fingerprint density at radius 3 is 2.47 bits per heavy atom. The Labute approximate surface area is 121 Å². The van der Waals surface area contributed by atoms with Crippen LogP contribution in [0.15, 0.2) is 40.9 Å². The van der Waals surface area contributed by atoms with Crippen LogP contribution in [0.5, 0.6) is 11.5 Å². The maximum atomic E-state index is 7.40. The molecule has 0 spiro atoms. The van der Waals surface area contributed by atoms with E-state index in [4.69, 9.17) is 15.9 Å². The molecule has 0 bridgehead atoms. The van der Waals surface area contributed by atoms with Gasteiger partial charge < -0.3 is 10.5 Å². The number of hydrogen-bond acceptors (Lipinski definition) is 2. The van der Waals surface area contributed by atoms with Crippen LogP contribution >= 0.6 is 15.9 Å². The van der Waals surface area contributed by atoms with Crippen molar-refractivity contribution in [2.24, 2.45) is 5.73 Å². The highest BCUT2D eigenvalue weighted by Gasteiger charge is 2.07. The molecule has 2 aromatic carbocycles. The van der Waals surface area contributed by atoms with Crippen molar-refractivity contribution in [3.63, 3.8) is 0 Å². The van der Waals surface area contributed by atoms with Crippen molar-refractivity contribution in [1.82, 2.24) is 0 Å². The van der Waals surface area contributed by atoms with E-state index in [-0.39, 0.29) is 5.84 Å². The lowest BCUT2D eigenvalue weighted by atomic mass is 10.1. The summed E-state index contributed by atoms with van der Waals surface area (Å²) in [6.07, 6.45) is 0. The summed E-state index contributed by atoms with van der Waals surface area (Å²) in [6.45, 7) is 4.03. The lowest BCUT2D eigenvalue weighted by Crippen LogP contribution is -2.10. The van der Waals surface area contributed by atoms with Crippen molar-refractivity contribution < 1.29 is 4.74 Å². The standard InChI is InChI=1S/C15H15BrN2O/c1-9-3-4-10(2)14(7-9)19-13-6-5-11(15(17)18)8-12(13)16/h3-8H,1-2H3,(H3,17,18). The molecule has 0 aromatic heterocycles. The SMILES string of the molecule is Cc1ccc(C)c(Oc2ccc(C(=N)N)cc2Br)c1. The van der Waals surface area contributed by atoms with Crippen LogP contribution in [0.2, 0.25) is 0 Å². The van der Waals surface area contributed by atoms with Crippen LogP contribution in [-0.2, 0) is 0 Å². The summed E-state index contributed by atoms with van der Waals surface area (Å²) < 4.78 is 6.68. The predicted octanol–water partition coefficient (Wildman–Crippen LogP) is 4.14. The molecule has 0 unspecified atom stereocenters. The first-order chi connectivity index (χ1) is 8.97. The number of aryl methyl sites for hydroxylation is 2. The van der Waals surface area contributed by atoms with Gasteiger partial charge in [0.1, 0.15) is 17.3 Å². The monoisotopic (exact) mass is 318 g/mol. The number of nitrogens with two attached hydrogens (primary N) is 1. The van der Waals surface area contributed by atoms with Gasteiger partial charge in [0.15, 0.2) is 0 Å². The molecule has 98 valence electrons. The molecule has 0 aliphatic rings. The van der Waals surface area contributed by atoms with E-state index in [2.05, 4.69) is 22.0 Å². The molecule has 0 aliphatic carbocycles. The van der Waals surface area contributed by atoms with Crippen molar-refractivity contribution in [2.75, 3.05) is 0 Å². The van der Waals surface area contributed by atoms with Gasteiger partial charge in [-0.05, 0) is 65.2 Å². The summed E-state index contributed by atoms with van der Waals surface area (Å²) in [5.74, 6) is 1.58. The van der Waals surface area contributed by atoms with Gasteiger partial charge in [-0.25, -0.2) is 0 Å². The number of nitrogen functional groups attached to an aromatic ring is 1. The molecule has 3 N–H and O–H groups in total. The minimum Gasteiger partial charge on any atom is -0.456 e. The molecule has 0 saturated carbocycles. The summed E-state index contributed by atoms with van der Waals surface area (Å²) in [6, 6.07) is 11.4. The number of nitrogens with one attached hydrogen (secondary N) is 1. The van der Waals surface area contributed by atoms with E-state index in [0.717, 1.165) is 21.3 Å². The molecule has 2 aromatic rings. The van der Waals surface area contributed by atoms with Crippen LogP contribution in [0.1, 0.15) is 16.7 Å². The summed E-state index contributed by atoms with van der Waals surface area (Å²) >= 11 is 3.44. The van der Waals surface area contributed by atoms with E-state index in [1.165, 1.54) is 0 Å². The van der Waals surface area contributed by atoms with E-state index < -0.39 is 0 Å². The van der Waals surface area contributed by atoms with Crippen molar-refractivity contribution in [3.8, 4) is 11.5 Å². The lowest BCUT2D eigenvalue weighted by molar-refractivity contribution is 0.475. The first kappa shape index (κ1) is 13.6. The van der Waals surface area contributed by atoms with Gasteiger partial charge >= 0.3 is 0 Å². The van der Waals surface area contributed by atoms with Crippen LogP contribution in [0.3, 0.4) is 0 Å². The Morgan fingerprint density at radius 2 is 1.84 bits per heavy atom. The molecular formula is C15H15BrN2O. The molecule has 2 rings (SSSR count). The first-order valence-corrected chi connectivity index (χ1v) is 6.65. The second kappa shape index (κ2) is 5.45. The van der Waals surface area contributed by atoms with Crippen molar-refractivity contribution in [2.45, 2.75) is 13.8 Å². The zero-order valence-corrected chi connectivity index (χ0v) is 12.4. The maximum Gasteiger partial charge on any atom is 0.141 e. The Kier molecular flexibility index (Phi) is 3.90. The zero-order valence-electron chi connectivity index (χ0n) is 10.8. The number of hydrogen-bond donors (Lipinski definition) is 2. The number of rotatable bonds is 3. The summed E-state index contributed by atoms with van der Waals surface area (Å²) in [5, 5.41) is 7.40. The third kappa shape index (κ3) is 3.15. The second-order valence-electron chi connectivity index (χ2n) is 4.43. The number of benzene rings is 2. The Bertz CT molecular complexity index is 638. The van der Waals surface area contributed by atoms with E-state index in [0.29, 0.717) is 11.3 Å². The fourth-order valence-corrected chi connectivity index (χ4v) is 2.15. The average molecular weight is 319 g/mol. The third-order valence-electron chi connectivity index (χ3n) is 2.81. The van der Waals surface area contributed by atoms with Crippen molar-refractivity contribution >= 4 is 21.8 Å². The molecular weight excluding hydrogens is 304 g/mol. The molecule has 0 radical (unpaired) electrons. The molecule has 0 fully saturated rings. The molecule has 4 heteroatoms. The summed E-state index contributed by atoms with van der Waals surface area (Å²) in [4.78, 5) is 0. The van der Waals surface area contributed by atoms with E-state index in [1.807, 2.05) is 32.0 Å². The highest BCUT2D eigenvalue weighted by molar-refractivity contribution is 9.10. The summed E-state index contributed by atoms with van der Waals surface area (Å²) in [5.41, 5.74) is 8.34. The smallest absolute Gasteiger partial charge is 0.141 e. The molecule has 0 heterocycles. The van der Waals surface area contributed by atoms with Gasteiger partial charge in [0.25, 0.3) is 0 Å². The Balaban J connectivity index is 2.33. The minimum absolute atomic E-state index is 0.0407. The van der Waals surface area contributed by atoms with Crippen LogP contribution in [-0.4, -0.2) is 5.84 Å². The van der Waals surface area contributed by atoms with E-state index in [9.17, 15) is 0 Å². The molecule has 19 heavy (non-hydrogen) atoms. The van der Waals surface area contributed by atoms with Crippen LogP contribution < -0.4 is 10.5 Å². The highest BCUT2D eigenvalue weighted by Crippen LogP contribution is 2.32. The van der Waals surface area contributed by atoms with Gasteiger partial charge in [0.05, 0.1) is 4.47 Å². The number of ether oxygens (including phenoxy) is 1. The fourth-order valence-electron chi connectivity index (χ4n) is 1.69. The molecule has 0 atom stereocenters. The molecule has 0 amide bonds. The van der Waals surface area contributed by atoms with Gasteiger partial charge in [-0.3, -0.25) is 5.41 Å². The van der Waals surface area contributed by atoms with Crippen LogP contribution in [0, 0.1) is 19.3 Å². The van der Waals surface area contributed by atoms with Gasteiger partial charge in [0, 0.05) is 5.56 Å². The molecule has 3 nitrogen and oxygen atoms in total. The quantitative estimate of drug-likeness (QED) is 0.660. The predicted molar refractivity (Wildman–Crippen MR) is 81.1 cm³/mol. The lowest BCUT2D eigenvalue weighted by Gasteiger charge is -2.11. The molecule has 0 aliphatic heterocycles. The van der Waals surface area contributed by atoms with Crippen LogP contribution in [0.4, 0.5) is 0 Å². The maximum absolute atomic E-state index is 7.40. The van der Waals surface area contributed by atoms with Gasteiger partial charge in [-0.1, -0.05) is 12.1 Å². The topological polar surface area (TPSA) is 59.1 Å². The first-order valence-electron chi connectivity index (χ1n) is 5.86. The minimum atomic E-state index is 0.0407. The van der Waals surface area contributed by atoms with Crippen LogP contribution in [0.25, 0.3) is 0 Å². The van der Waals surface area contributed by atoms with Gasteiger partial charge in [-0.2, -0.15) is 0 Å². The number of halogens is 1. The van der Waals surface area contributed by atoms with Gasteiger partial charge in [0.2, 0.25) is 0 Å². The second-order valence-corrected chi connectivity index (χ2v) is 5.28. The average Bonchev–Trinajstić information content (AvgIpc) is 2.36. The van der Waals surface area contributed by atoms with E-state index >= 15 is 0 Å². The van der Waals surface area contributed by atoms with E-state index in [1.54, 1.807) is 12.1 Å². The summed E-state index contributed by atoms with van der Waals surface area (Å²) in [7, 11) is 0. The zero-order chi connectivity index (χ0) is 14.0. The Hall–Kier alpha value is -1.81. The largest absolute Gasteiger partial charge is 0.456 e. The van der Waals surface area contributed by atoms with Crippen molar-refractivity contribution in [1.29, 1.82) is 5.41 Å². The third-order valence-corrected chi connectivity index (χ3v) is 3.43. The van der Waals surface area contributed by atoms with Gasteiger partial charge in [-0.15, -0.1) is 0 Å². The number of amidine groups is 1.